The second-order valence-corrected chi connectivity index (χ2v) is 8.84. The highest BCUT2D eigenvalue weighted by Gasteiger charge is 2.33. The molecule has 0 unspecified atom stereocenters. The monoisotopic (exact) mass is 392 g/mol. The first-order valence-corrected chi connectivity index (χ1v) is 10.3. The predicted molar refractivity (Wildman–Crippen MR) is 103 cm³/mol. The molecule has 0 aromatic heterocycles. The number of hydrogen-bond acceptors (Lipinski definition) is 3. The number of sulfonamides is 1. The van der Waals surface area contributed by atoms with Gasteiger partial charge in [0.15, 0.2) is 0 Å². The molecule has 2 aromatic carbocycles. The van der Waals surface area contributed by atoms with Gasteiger partial charge < -0.3 is 5.32 Å². The van der Waals surface area contributed by atoms with Gasteiger partial charge in [0.1, 0.15) is 0 Å². The molecule has 0 bridgehead atoms. The molecule has 0 radical (unpaired) electrons. The van der Waals surface area contributed by atoms with Crippen molar-refractivity contribution >= 4 is 33.2 Å². The predicted octanol–water partition coefficient (Wildman–Crippen LogP) is 3.69. The van der Waals surface area contributed by atoms with Gasteiger partial charge in [-0.1, -0.05) is 35.9 Å². The van der Waals surface area contributed by atoms with Crippen LogP contribution in [-0.2, 0) is 14.8 Å². The molecule has 0 saturated carbocycles. The Balaban J connectivity index is 1.74. The van der Waals surface area contributed by atoms with Gasteiger partial charge >= 0.3 is 0 Å². The molecular formula is C19H21ClN2O3S. The van der Waals surface area contributed by atoms with Crippen LogP contribution in [0.5, 0.6) is 0 Å². The number of aryl methyl sites for hydroxylation is 1. The molecule has 0 spiro atoms. The summed E-state index contributed by atoms with van der Waals surface area (Å²) in [6.07, 6.45) is 1.31. The lowest BCUT2D eigenvalue weighted by Crippen LogP contribution is -2.43. The number of carbonyl (C=O) groups is 1. The van der Waals surface area contributed by atoms with Crippen molar-refractivity contribution in [1.82, 2.24) is 4.31 Å². The van der Waals surface area contributed by atoms with Crippen molar-refractivity contribution in [2.75, 3.05) is 18.4 Å². The smallest absolute Gasteiger partial charge is 0.243 e. The number of piperidine rings is 1. The van der Waals surface area contributed by atoms with E-state index in [0.29, 0.717) is 30.1 Å². The summed E-state index contributed by atoms with van der Waals surface area (Å²) in [6, 6.07) is 13.6. The highest BCUT2D eigenvalue weighted by atomic mass is 35.5. The van der Waals surface area contributed by atoms with E-state index < -0.39 is 10.0 Å². The van der Waals surface area contributed by atoms with Crippen LogP contribution in [0.4, 0.5) is 5.69 Å². The second-order valence-electron chi connectivity index (χ2n) is 6.46. The van der Waals surface area contributed by atoms with Crippen LogP contribution in [0.15, 0.2) is 53.4 Å². The Morgan fingerprint density at radius 2 is 1.92 bits per heavy atom. The lowest BCUT2D eigenvalue weighted by molar-refractivity contribution is -0.120. The first-order chi connectivity index (χ1) is 12.4. The number of hydrogen-bond donors (Lipinski definition) is 1. The maximum atomic E-state index is 12.8. The fourth-order valence-corrected chi connectivity index (χ4v) is 4.80. The molecule has 1 amide bonds. The Bertz CT molecular complexity index is 900. The summed E-state index contributed by atoms with van der Waals surface area (Å²) in [5, 5.41) is 3.43. The summed E-state index contributed by atoms with van der Waals surface area (Å²) >= 11 is 6.00. The van der Waals surface area contributed by atoms with Crippen molar-refractivity contribution in [3.05, 3.63) is 59.1 Å². The van der Waals surface area contributed by atoms with E-state index in [9.17, 15) is 13.2 Å². The number of rotatable bonds is 4. The summed E-state index contributed by atoms with van der Waals surface area (Å²) in [5.74, 6) is -0.566. The van der Waals surface area contributed by atoms with Crippen LogP contribution in [0.25, 0.3) is 0 Å². The number of nitrogens with zero attached hydrogens (tertiary/aromatic N) is 1. The summed E-state index contributed by atoms with van der Waals surface area (Å²) in [4.78, 5) is 12.9. The van der Waals surface area contributed by atoms with Crippen LogP contribution >= 0.6 is 11.6 Å². The van der Waals surface area contributed by atoms with Crippen molar-refractivity contribution < 1.29 is 13.2 Å². The van der Waals surface area contributed by atoms with Crippen LogP contribution < -0.4 is 5.32 Å². The van der Waals surface area contributed by atoms with Gasteiger partial charge in [0.2, 0.25) is 15.9 Å². The fourth-order valence-electron chi connectivity index (χ4n) is 3.08. The molecular weight excluding hydrogens is 372 g/mol. The Labute approximate surface area is 159 Å². The van der Waals surface area contributed by atoms with Crippen molar-refractivity contribution in [2.24, 2.45) is 5.92 Å². The van der Waals surface area contributed by atoms with E-state index in [4.69, 9.17) is 11.6 Å². The van der Waals surface area contributed by atoms with Gasteiger partial charge in [0, 0.05) is 23.8 Å². The molecule has 1 aliphatic rings. The molecule has 1 heterocycles. The standard InChI is InChI=1S/C19H21ClN2O3S/c1-14-9-10-16(20)12-18(14)21-19(23)15-6-5-11-22(13-15)26(24,25)17-7-3-2-4-8-17/h2-4,7-10,12,15H,5-6,11,13H2,1H3,(H,21,23)/t15-/m0/s1. The lowest BCUT2D eigenvalue weighted by Gasteiger charge is -2.31. The molecule has 3 rings (SSSR count). The van der Waals surface area contributed by atoms with E-state index in [1.807, 2.05) is 13.0 Å². The second kappa shape index (κ2) is 7.78. The average molecular weight is 393 g/mol. The van der Waals surface area contributed by atoms with Gasteiger partial charge in [-0.3, -0.25) is 4.79 Å². The number of nitrogens with one attached hydrogen (secondary N) is 1. The normalized spacial score (nSPS) is 18.5. The number of carbonyl (C=O) groups excluding carboxylic acids is 1. The minimum Gasteiger partial charge on any atom is -0.326 e. The summed E-state index contributed by atoms with van der Waals surface area (Å²) in [7, 11) is -3.58. The van der Waals surface area contributed by atoms with E-state index in [2.05, 4.69) is 5.32 Å². The number of benzene rings is 2. The van der Waals surface area contributed by atoms with Gasteiger partial charge in [-0.2, -0.15) is 4.31 Å². The van der Waals surface area contributed by atoms with Crippen LogP contribution in [-0.4, -0.2) is 31.7 Å². The maximum Gasteiger partial charge on any atom is 0.243 e. The van der Waals surface area contributed by atoms with Gasteiger partial charge in [-0.25, -0.2) is 8.42 Å². The van der Waals surface area contributed by atoms with Crippen LogP contribution in [0.3, 0.4) is 0 Å². The zero-order valence-electron chi connectivity index (χ0n) is 14.5. The van der Waals surface area contributed by atoms with E-state index in [0.717, 1.165) is 5.56 Å². The minimum atomic E-state index is -3.58. The summed E-state index contributed by atoms with van der Waals surface area (Å²) < 4.78 is 27.0. The molecule has 1 fully saturated rings. The van der Waals surface area contributed by atoms with Crippen molar-refractivity contribution in [3.8, 4) is 0 Å². The molecule has 138 valence electrons. The Hall–Kier alpha value is -1.89. The topological polar surface area (TPSA) is 66.5 Å². The molecule has 7 heteroatoms. The zero-order valence-corrected chi connectivity index (χ0v) is 16.1. The van der Waals surface area contributed by atoms with Crippen molar-refractivity contribution in [2.45, 2.75) is 24.7 Å². The molecule has 26 heavy (non-hydrogen) atoms. The van der Waals surface area contributed by atoms with Crippen LogP contribution in [0.1, 0.15) is 18.4 Å². The van der Waals surface area contributed by atoms with Crippen LogP contribution in [0.2, 0.25) is 5.02 Å². The van der Waals surface area contributed by atoms with E-state index >= 15 is 0 Å². The Morgan fingerprint density at radius 1 is 1.19 bits per heavy atom. The van der Waals surface area contributed by atoms with Gasteiger partial charge in [0.25, 0.3) is 0 Å². The molecule has 1 aliphatic heterocycles. The SMILES string of the molecule is Cc1ccc(Cl)cc1NC(=O)[C@H]1CCCN(S(=O)(=O)c2ccccc2)C1. The highest BCUT2D eigenvalue weighted by molar-refractivity contribution is 7.89. The highest BCUT2D eigenvalue weighted by Crippen LogP contribution is 2.26. The van der Waals surface area contributed by atoms with E-state index in [1.165, 1.54) is 4.31 Å². The Morgan fingerprint density at radius 3 is 2.65 bits per heavy atom. The average Bonchev–Trinajstić information content (AvgIpc) is 2.65. The Kier molecular flexibility index (Phi) is 5.65. The van der Waals surface area contributed by atoms with Crippen molar-refractivity contribution in [1.29, 1.82) is 0 Å². The largest absolute Gasteiger partial charge is 0.326 e. The minimum absolute atomic E-state index is 0.177. The first-order valence-electron chi connectivity index (χ1n) is 8.50. The van der Waals surface area contributed by atoms with Gasteiger partial charge in [-0.05, 0) is 49.6 Å². The van der Waals surface area contributed by atoms with E-state index in [-0.39, 0.29) is 23.3 Å². The molecule has 1 atom stereocenters. The van der Waals surface area contributed by atoms with Crippen molar-refractivity contribution in [3.63, 3.8) is 0 Å². The lowest BCUT2D eigenvalue weighted by atomic mass is 9.98. The van der Waals surface area contributed by atoms with Gasteiger partial charge in [0.05, 0.1) is 10.8 Å². The molecule has 1 saturated heterocycles. The number of anilines is 1. The summed E-state index contributed by atoms with van der Waals surface area (Å²) in [6.45, 7) is 2.50. The fraction of sp³-hybridized carbons (Fsp3) is 0.316. The third kappa shape index (κ3) is 4.09. The number of halogens is 1. The zero-order chi connectivity index (χ0) is 18.7. The van der Waals surface area contributed by atoms with Crippen LogP contribution in [0, 0.1) is 12.8 Å². The maximum absolute atomic E-state index is 12.8. The molecule has 1 N–H and O–H groups in total. The number of amides is 1. The molecule has 5 nitrogen and oxygen atoms in total. The third-order valence-electron chi connectivity index (χ3n) is 4.59. The quantitative estimate of drug-likeness (QED) is 0.862. The summed E-state index contributed by atoms with van der Waals surface area (Å²) in [5.41, 5.74) is 1.57. The van der Waals surface area contributed by atoms with Gasteiger partial charge in [-0.15, -0.1) is 0 Å². The first kappa shape index (κ1) is 18.9. The molecule has 0 aliphatic carbocycles. The molecule has 2 aromatic rings. The third-order valence-corrected chi connectivity index (χ3v) is 6.71. The van der Waals surface area contributed by atoms with E-state index in [1.54, 1.807) is 42.5 Å².